The molecule has 0 spiro atoms. The van der Waals surface area contributed by atoms with Gasteiger partial charge in [0.15, 0.2) is 0 Å². The van der Waals surface area contributed by atoms with Crippen LogP contribution in [0.25, 0.3) is 11.1 Å². The number of carbonyl (C=O) groups excluding carboxylic acids is 1. The summed E-state index contributed by atoms with van der Waals surface area (Å²) < 4.78 is 5.01. The lowest BCUT2D eigenvalue weighted by atomic mass is 10.0. The number of halogens is 1. The first-order chi connectivity index (χ1) is 11.6. The third-order valence-corrected chi connectivity index (χ3v) is 4.43. The van der Waals surface area contributed by atoms with E-state index in [4.69, 9.17) is 22.1 Å². The van der Waals surface area contributed by atoms with Crippen molar-refractivity contribution in [3.05, 3.63) is 41.2 Å². The van der Waals surface area contributed by atoms with Gasteiger partial charge in [0, 0.05) is 30.1 Å². The second-order valence-electron chi connectivity index (χ2n) is 5.90. The molecule has 0 saturated heterocycles. The molecule has 0 bridgehead atoms. The van der Waals surface area contributed by atoms with E-state index in [0.29, 0.717) is 22.9 Å². The van der Waals surface area contributed by atoms with Gasteiger partial charge in [-0.1, -0.05) is 17.7 Å². The summed E-state index contributed by atoms with van der Waals surface area (Å²) in [5.41, 5.74) is 9.37. The van der Waals surface area contributed by atoms with Gasteiger partial charge in [0.25, 0.3) is 0 Å². The molecule has 3 rings (SSSR count). The Labute approximate surface area is 146 Å². The van der Waals surface area contributed by atoms with Crippen LogP contribution in [0, 0.1) is 5.92 Å². The van der Waals surface area contributed by atoms with Crippen LogP contribution in [-0.4, -0.2) is 24.1 Å². The van der Waals surface area contributed by atoms with E-state index in [2.05, 4.69) is 10.3 Å². The van der Waals surface area contributed by atoms with Gasteiger partial charge in [-0.05, 0) is 37.8 Å². The Morgan fingerprint density at radius 3 is 2.92 bits per heavy atom. The van der Waals surface area contributed by atoms with Crippen molar-refractivity contribution in [2.24, 2.45) is 5.92 Å². The smallest absolute Gasteiger partial charge is 0.339 e. The number of carbonyl (C=O) groups is 1. The van der Waals surface area contributed by atoms with Crippen molar-refractivity contribution in [2.75, 3.05) is 24.2 Å². The Hall–Kier alpha value is -2.27. The molecule has 0 aliphatic heterocycles. The minimum absolute atomic E-state index is 0.318. The number of nitrogens with zero attached hydrogens (tertiary/aromatic N) is 1. The highest BCUT2D eigenvalue weighted by Gasteiger charge is 2.21. The number of aromatic nitrogens is 1. The average Bonchev–Trinajstić information content (AvgIpc) is 3.41. The van der Waals surface area contributed by atoms with Crippen molar-refractivity contribution < 1.29 is 9.53 Å². The molecule has 0 unspecified atom stereocenters. The predicted molar refractivity (Wildman–Crippen MR) is 96.3 cm³/mol. The van der Waals surface area contributed by atoms with Gasteiger partial charge < -0.3 is 15.8 Å². The topological polar surface area (TPSA) is 77.2 Å². The third kappa shape index (κ3) is 3.62. The number of anilines is 2. The lowest BCUT2D eigenvalue weighted by Gasteiger charge is -2.14. The van der Waals surface area contributed by atoms with Crippen molar-refractivity contribution in [3.8, 4) is 11.1 Å². The highest BCUT2D eigenvalue weighted by molar-refractivity contribution is 6.36. The highest BCUT2D eigenvalue weighted by atomic mass is 35.5. The first-order valence-corrected chi connectivity index (χ1v) is 8.42. The summed E-state index contributed by atoms with van der Waals surface area (Å²) in [5, 5.41) is 3.80. The highest BCUT2D eigenvalue weighted by Crippen LogP contribution is 2.38. The van der Waals surface area contributed by atoms with Gasteiger partial charge in [-0.25, -0.2) is 4.79 Å². The van der Waals surface area contributed by atoms with Gasteiger partial charge in [0.05, 0.1) is 28.6 Å². The second-order valence-corrected chi connectivity index (χ2v) is 6.27. The molecule has 1 aliphatic carbocycles. The number of benzene rings is 1. The second kappa shape index (κ2) is 7.09. The lowest BCUT2D eigenvalue weighted by Crippen LogP contribution is -2.07. The van der Waals surface area contributed by atoms with Crippen molar-refractivity contribution in [3.63, 3.8) is 0 Å². The Kier molecular flexibility index (Phi) is 4.90. The van der Waals surface area contributed by atoms with Crippen molar-refractivity contribution in [2.45, 2.75) is 19.8 Å². The molecule has 24 heavy (non-hydrogen) atoms. The largest absolute Gasteiger partial charge is 0.462 e. The Morgan fingerprint density at radius 2 is 2.21 bits per heavy atom. The van der Waals surface area contributed by atoms with Crippen molar-refractivity contribution >= 4 is 28.9 Å². The van der Waals surface area contributed by atoms with E-state index in [0.717, 1.165) is 29.3 Å². The molecule has 126 valence electrons. The number of esters is 1. The van der Waals surface area contributed by atoms with Crippen LogP contribution in [0.3, 0.4) is 0 Å². The molecule has 1 aromatic carbocycles. The number of nitrogens with two attached hydrogens (primary N) is 1. The van der Waals surface area contributed by atoms with E-state index >= 15 is 0 Å². The molecular weight excluding hydrogens is 326 g/mol. The number of pyridine rings is 1. The number of ether oxygens (including phenoxy) is 1. The van der Waals surface area contributed by atoms with Gasteiger partial charge in [0.2, 0.25) is 0 Å². The van der Waals surface area contributed by atoms with E-state index in [1.165, 1.54) is 19.0 Å². The van der Waals surface area contributed by atoms with Crippen LogP contribution < -0.4 is 11.1 Å². The maximum absolute atomic E-state index is 11.9. The molecule has 0 amide bonds. The summed E-state index contributed by atoms with van der Waals surface area (Å²) in [5.74, 6) is 0.340. The zero-order valence-corrected chi connectivity index (χ0v) is 14.3. The van der Waals surface area contributed by atoms with Crippen LogP contribution in [0.1, 0.15) is 30.1 Å². The quantitative estimate of drug-likeness (QED) is 0.611. The molecular formula is C18H20ClN3O2. The fourth-order valence-corrected chi connectivity index (χ4v) is 2.73. The molecule has 0 atom stereocenters. The summed E-state index contributed by atoms with van der Waals surface area (Å²) in [6.45, 7) is 3.00. The Morgan fingerprint density at radius 1 is 1.42 bits per heavy atom. The van der Waals surface area contributed by atoms with Crippen molar-refractivity contribution in [1.82, 2.24) is 4.98 Å². The minimum atomic E-state index is -0.404. The molecule has 1 heterocycles. The monoisotopic (exact) mass is 345 g/mol. The van der Waals surface area contributed by atoms with Gasteiger partial charge in [0.1, 0.15) is 0 Å². The maximum atomic E-state index is 11.9. The van der Waals surface area contributed by atoms with Crippen molar-refractivity contribution in [1.29, 1.82) is 0 Å². The number of nitrogens with one attached hydrogen (secondary N) is 1. The van der Waals surface area contributed by atoms with Gasteiger partial charge in [-0.2, -0.15) is 0 Å². The summed E-state index contributed by atoms with van der Waals surface area (Å²) >= 11 is 6.45. The number of hydrogen-bond acceptors (Lipinski definition) is 5. The molecule has 1 saturated carbocycles. The molecule has 3 N–H and O–H groups in total. The predicted octanol–water partition coefficient (Wildman–Crippen LogP) is 3.98. The molecule has 1 aromatic heterocycles. The van der Waals surface area contributed by atoms with Crippen LogP contribution in [0.15, 0.2) is 30.6 Å². The molecule has 1 fully saturated rings. The van der Waals surface area contributed by atoms with Crippen LogP contribution >= 0.6 is 11.6 Å². The first kappa shape index (κ1) is 16.6. The molecule has 0 radical (unpaired) electrons. The summed E-state index contributed by atoms with van der Waals surface area (Å²) in [6.07, 6.45) is 5.67. The minimum Gasteiger partial charge on any atom is -0.462 e. The SMILES string of the molecule is CCOC(=O)c1cncc(-c2ccc(NCC3CC3)c(N)c2Cl)c1. The summed E-state index contributed by atoms with van der Waals surface area (Å²) in [7, 11) is 0. The normalized spacial score (nSPS) is 13.6. The van der Waals surface area contributed by atoms with E-state index < -0.39 is 5.97 Å². The van der Waals surface area contributed by atoms with Crippen LogP contribution in [0.5, 0.6) is 0 Å². The van der Waals surface area contributed by atoms with E-state index in [1.807, 2.05) is 12.1 Å². The van der Waals surface area contributed by atoms with Gasteiger partial charge in [-0.15, -0.1) is 0 Å². The Balaban J connectivity index is 1.87. The van der Waals surface area contributed by atoms with Crippen LogP contribution in [0.2, 0.25) is 5.02 Å². The number of hydrogen-bond donors (Lipinski definition) is 2. The zero-order valence-electron chi connectivity index (χ0n) is 13.5. The average molecular weight is 346 g/mol. The molecule has 1 aliphatic rings. The van der Waals surface area contributed by atoms with Gasteiger partial charge in [-0.3, -0.25) is 4.98 Å². The summed E-state index contributed by atoms with van der Waals surface area (Å²) in [6, 6.07) is 5.51. The van der Waals surface area contributed by atoms with E-state index in [9.17, 15) is 4.79 Å². The molecule has 5 nitrogen and oxygen atoms in total. The third-order valence-electron chi connectivity index (χ3n) is 4.02. The van der Waals surface area contributed by atoms with E-state index in [-0.39, 0.29) is 0 Å². The molecule has 2 aromatic rings. The number of rotatable bonds is 6. The van der Waals surface area contributed by atoms with E-state index in [1.54, 1.807) is 19.2 Å². The standard InChI is InChI=1S/C18H20ClN3O2/c1-2-24-18(23)13-7-12(9-21-10-13)14-5-6-15(17(20)16(14)19)22-8-11-3-4-11/h5-7,9-11,22H,2-4,8,20H2,1H3. The fraction of sp³-hybridized carbons (Fsp3) is 0.333. The first-order valence-electron chi connectivity index (χ1n) is 8.04. The molecule has 6 heteroatoms. The fourth-order valence-electron chi connectivity index (χ4n) is 2.46. The van der Waals surface area contributed by atoms with Crippen LogP contribution in [-0.2, 0) is 4.74 Å². The van der Waals surface area contributed by atoms with Crippen LogP contribution in [0.4, 0.5) is 11.4 Å². The lowest BCUT2D eigenvalue weighted by molar-refractivity contribution is 0.0526. The number of nitrogen functional groups attached to an aromatic ring is 1. The Bertz CT molecular complexity index is 760. The maximum Gasteiger partial charge on any atom is 0.339 e. The summed E-state index contributed by atoms with van der Waals surface area (Å²) in [4.78, 5) is 16.0. The zero-order chi connectivity index (χ0) is 17.1. The van der Waals surface area contributed by atoms with Gasteiger partial charge >= 0.3 is 5.97 Å².